The molecular weight excluding hydrogens is 472 g/mol. The van der Waals surface area contributed by atoms with Gasteiger partial charge in [-0.05, 0) is 18.6 Å². The molecule has 1 aromatic carbocycles. The van der Waals surface area contributed by atoms with Gasteiger partial charge >= 0.3 is 6.03 Å². The summed E-state index contributed by atoms with van der Waals surface area (Å²) < 4.78 is 5.72. The van der Waals surface area contributed by atoms with Gasteiger partial charge in [0.15, 0.2) is 0 Å². The van der Waals surface area contributed by atoms with Gasteiger partial charge in [-0.25, -0.2) is 4.79 Å². The van der Waals surface area contributed by atoms with Gasteiger partial charge in [0.25, 0.3) is 5.91 Å². The fraction of sp³-hybridized carbons (Fsp3) is 0.522. The molecule has 3 rings (SSSR count). The number of para-hydroxylation sites is 1. The molecule has 1 aromatic rings. The summed E-state index contributed by atoms with van der Waals surface area (Å²) in [7, 11) is 1.52. The number of aliphatic hydroxyl groups excluding tert-OH is 1. The predicted molar refractivity (Wildman–Crippen MR) is 127 cm³/mol. The number of fused-ring (bicyclic) bond motifs is 1. The number of amides is 6. The van der Waals surface area contributed by atoms with Gasteiger partial charge in [-0.3, -0.25) is 19.2 Å². The predicted octanol–water partition coefficient (Wildman–Crippen LogP) is -1.97. The summed E-state index contributed by atoms with van der Waals surface area (Å²) >= 11 is 0. The van der Waals surface area contributed by atoms with E-state index in [0.29, 0.717) is 19.6 Å². The Labute approximate surface area is 208 Å². The molecule has 2 atom stereocenters. The van der Waals surface area contributed by atoms with E-state index in [0.717, 1.165) is 0 Å². The van der Waals surface area contributed by atoms with Crippen molar-refractivity contribution in [3.05, 3.63) is 29.8 Å². The number of aliphatic hydroxyl groups is 1. The molecule has 0 spiro atoms. The van der Waals surface area contributed by atoms with Crippen molar-refractivity contribution in [2.75, 3.05) is 53.0 Å². The molecule has 1 fully saturated rings. The van der Waals surface area contributed by atoms with E-state index >= 15 is 0 Å². The van der Waals surface area contributed by atoms with Crippen LogP contribution in [0, 0.1) is 0 Å². The highest BCUT2D eigenvalue weighted by Gasteiger charge is 2.28. The van der Waals surface area contributed by atoms with Crippen LogP contribution >= 0.6 is 0 Å². The molecule has 6 amide bonds. The fourth-order valence-corrected chi connectivity index (χ4v) is 3.84. The molecule has 2 aliphatic heterocycles. The minimum atomic E-state index is -1.15. The quantitative estimate of drug-likeness (QED) is 0.310. The highest BCUT2D eigenvalue weighted by molar-refractivity contribution is 5.99. The highest BCUT2D eigenvalue weighted by Crippen LogP contribution is 2.18. The van der Waals surface area contributed by atoms with Crippen molar-refractivity contribution in [3.63, 3.8) is 0 Å². The van der Waals surface area contributed by atoms with Crippen molar-refractivity contribution in [1.82, 2.24) is 31.1 Å². The zero-order chi connectivity index (χ0) is 26.1. The zero-order valence-electron chi connectivity index (χ0n) is 20.1. The van der Waals surface area contributed by atoms with E-state index in [1.165, 1.54) is 11.9 Å². The van der Waals surface area contributed by atoms with Gasteiger partial charge in [0, 0.05) is 39.6 Å². The van der Waals surface area contributed by atoms with E-state index in [2.05, 4.69) is 21.3 Å². The van der Waals surface area contributed by atoms with Gasteiger partial charge in [0.05, 0.1) is 18.7 Å². The Balaban J connectivity index is 1.75. The van der Waals surface area contributed by atoms with Crippen LogP contribution in [0.4, 0.5) is 4.79 Å². The molecule has 36 heavy (non-hydrogen) atoms. The number of carbonyl (C=O) groups is 5. The van der Waals surface area contributed by atoms with Gasteiger partial charge in [-0.1, -0.05) is 12.1 Å². The first-order chi connectivity index (χ1) is 17.3. The van der Waals surface area contributed by atoms with Crippen LogP contribution in [0.3, 0.4) is 0 Å². The molecule has 0 bridgehead atoms. The number of rotatable bonds is 5. The van der Waals surface area contributed by atoms with Crippen LogP contribution in [0.15, 0.2) is 24.3 Å². The maximum absolute atomic E-state index is 13.0. The molecule has 1 saturated heterocycles. The molecule has 0 saturated carbocycles. The van der Waals surface area contributed by atoms with Crippen molar-refractivity contribution >= 4 is 29.7 Å². The maximum Gasteiger partial charge on any atom is 0.317 e. The molecule has 0 aliphatic carbocycles. The number of benzene rings is 1. The topological polar surface area (TPSA) is 169 Å². The molecule has 13 nitrogen and oxygen atoms in total. The van der Waals surface area contributed by atoms with Crippen molar-refractivity contribution in [1.29, 1.82) is 0 Å². The summed E-state index contributed by atoms with van der Waals surface area (Å²) in [5.74, 6) is -1.85. The SMILES string of the molecule is CN1CCOc2ccccc2C(=O)N[C@H](C(=O)NCCN2CCNC2=O)CCC(=O)N[C@@H](CO)C1=O. The molecule has 196 valence electrons. The van der Waals surface area contributed by atoms with Crippen LogP contribution in [0.25, 0.3) is 0 Å². The van der Waals surface area contributed by atoms with Crippen LogP contribution in [-0.4, -0.2) is 110 Å². The highest BCUT2D eigenvalue weighted by atomic mass is 16.5. The number of nitrogens with zero attached hydrogens (tertiary/aromatic N) is 2. The lowest BCUT2D eigenvalue weighted by Crippen LogP contribution is -2.51. The van der Waals surface area contributed by atoms with Crippen LogP contribution in [0.5, 0.6) is 5.75 Å². The Bertz CT molecular complexity index is 987. The number of ether oxygens (including phenoxy) is 1. The van der Waals surface area contributed by atoms with Crippen LogP contribution in [0.2, 0.25) is 0 Å². The number of hydrogen-bond donors (Lipinski definition) is 5. The first kappa shape index (κ1) is 26.7. The average molecular weight is 505 g/mol. The summed E-state index contributed by atoms with van der Waals surface area (Å²) in [5, 5.41) is 20.1. The second kappa shape index (κ2) is 12.7. The van der Waals surface area contributed by atoms with Gasteiger partial charge in [0.2, 0.25) is 17.7 Å². The lowest BCUT2D eigenvalue weighted by Gasteiger charge is -2.23. The van der Waals surface area contributed by atoms with E-state index in [1.54, 1.807) is 29.2 Å². The smallest absolute Gasteiger partial charge is 0.317 e. The molecule has 0 radical (unpaired) electrons. The first-order valence-electron chi connectivity index (χ1n) is 11.8. The zero-order valence-corrected chi connectivity index (χ0v) is 20.1. The average Bonchev–Trinajstić information content (AvgIpc) is 3.28. The van der Waals surface area contributed by atoms with Gasteiger partial charge in [-0.15, -0.1) is 0 Å². The third-order valence-electron chi connectivity index (χ3n) is 5.92. The van der Waals surface area contributed by atoms with Crippen molar-refractivity contribution in [2.45, 2.75) is 24.9 Å². The maximum atomic E-state index is 13.0. The molecule has 2 heterocycles. The van der Waals surface area contributed by atoms with Crippen molar-refractivity contribution < 1.29 is 33.8 Å². The Morgan fingerprint density at radius 1 is 1.17 bits per heavy atom. The second-order valence-electron chi connectivity index (χ2n) is 8.48. The molecule has 0 unspecified atom stereocenters. The number of likely N-dealkylation sites (N-methyl/N-ethyl adjacent to an activating group) is 1. The monoisotopic (exact) mass is 504 g/mol. The number of urea groups is 1. The largest absolute Gasteiger partial charge is 0.491 e. The number of carbonyl (C=O) groups excluding carboxylic acids is 5. The molecule has 13 heteroatoms. The van der Waals surface area contributed by atoms with Gasteiger partial charge in [-0.2, -0.15) is 0 Å². The number of nitrogens with one attached hydrogen (secondary N) is 4. The third kappa shape index (κ3) is 7.07. The minimum Gasteiger partial charge on any atom is -0.491 e. The molecule has 5 N–H and O–H groups in total. The van der Waals surface area contributed by atoms with Gasteiger partial charge < -0.3 is 40.9 Å². The standard InChI is InChI=1S/C23H32N6O7/c1-28-12-13-36-18-5-3-2-4-15(18)20(32)27-16(6-7-19(31)26-17(14-30)22(28)34)21(33)24-8-10-29-11-9-25-23(29)35/h2-5,16-17,30H,6-14H2,1H3,(H,24,33)(H,25,35)(H,26,31)(H,27,32)/t16-,17-/m0/s1. The Morgan fingerprint density at radius 3 is 2.67 bits per heavy atom. The summed E-state index contributed by atoms with van der Waals surface area (Å²) in [6.45, 7) is 1.15. The molecular formula is C23H32N6O7. The number of hydrogen-bond acceptors (Lipinski definition) is 7. The summed E-state index contributed by atoms with van der Waals surface area (Å²) in [6, 6.07) is 4.07. The summed E-state index contributed by atoms with van der Waals surface area (Å²) in [4.78, 5) is 65.6. The van der Waals surface area contributed by atoms with Crippen molar-refractivity contribution in [3.8, 4) is 5.75 Å². The third-order valence-corrected chi connectivity index (χ3v) is 5.92. The van der Waals surface area contributed by atoms with Gasteiger partial charge in [0.1, 0.15) is 24.4 Å². The van der Waals surface area contributed by atoms with E-state index < -0.39 is 42.3 Å². The normalized spacial score (nSPS) is 21.8. The van der Waals surface area contributed by atoms with Crippen LogP contribution in [-0.2, 0) is 14.4 Å². The van der Waals surface area contributed by atoms with E-state index in [9.17, 15) is 29.1 Å². The lowest BCUT2D eigenvalue weighted by molar-refractivity contribution is -0.137. The lowest BCUT2D eigenvalue weighted by atomic mass is 10.1. The second-order valence-corrected chi connectivity index (χ2v) is 8.48. The van der Waals surface area contributed by atoms with E-state index in [4.69, 9.17) is 4.74 Å². The summed E-state index contributed by atoms with van der Waals surface area (Å²) in [6.07, 6.45) is -0.239. The van der Waals surface area contributed by atoms with Crippen LogP contribution < -0.4 is 26.0 Å². The molecule has 2 aliphatic rings. The van der Waals surface area contributed by atoms with E-state index in [1.807, 2.05) is 0 Å². The first-order valence-corrected chi connectivity index (χ1v) is 11.8. The Morgan fingerprint density at radius 2 is 1.94 bits per heavy atom. The fourth-order valence-electron chi connectivity index (χ4n) is 3.84. The van der Waals surface area contributed by atoms with E-state index in [-0.39, 0.29) is 49.9 Å². The molecule has 0 aromatic heterocycles. The summed E-state index contributed by atoms with van der Waals surface area (Å²) in [5.41, 5.74) is 0.200. The Hall–Kier alpha value is -3.87. The minimum absolute atomic E-state index is 0.0567. The van der Waals surface area contributed by atoms with Crippen LogP contribution in [0.1, 0.15) is 23.2 Å². The van der Waals surface area contributed by atoms with Crippen molar-refractivity contribution in [2.24, 2.45) is 0 Å². The Kier molecular flexibility index (Phi) is 9.45.